The zero-order valence-electron chi connectivity index (χ0n) is 16.0. The van der Waals surface area contributed by atoms with Crippen molar-refractivity contribution in [2.45, 2.75) is 19.3 Å². The number of carbonyl (C=O) groups excluding carboxylic acids is 2. The zero-order valence-corrected chi connectivity index (χ0v) is 16.0. The van der Waals surface area contributed by atoms with Crippen LogP contribution in [0.4, 0.5) is 5.69 Å². The number of rotatable bonds is 6. The summed E-state index contributed by atoms with van der Waals surface area (Å²) < 4.78 is 15.5. The molecule has 1 aliphatic rings. The Bertz CT molecular complexity index is 875. The van der Waals surface area contributed by atoms with E-state index < -0.39 is 11.9 Å². The van der Waals surface area contributed by atoms with Crippen molar-refractivity contribution >= 4 is 23.3 Å². The Morgan fingerprint density at radius 2 is 1.61 bits per heavy atom. The summed E-state index contributed by atoms with van der Waals surface area (Å²) >= 11 is 0. The van der Waals surface area contributed by atoms with Gasteiger partial charge < -0.3 is 14.2 Å². The van der Waals surface area contributed by atoms with Crippen LogP contribution in [0.5, 0.6) is 11.5 Å². The van der Waals surface area contributed by atoms with Crippen LogP contribution >= 0.6 is 0 Å². The Morgan fingerprint density at radius 1 is 1.04 bits per heavy atom. The van der Waals surface area contributed by atoms with E-state index >= 15 is 0 Å². The third kappa shape index (κ3) is 3.98. The lowest BCUT2D eigenvalue weighted by molar-refractivity contribution is -0.135. The number of hydrogen-bond acceptors (Lipinski definition) is 6. The molecule has 0 aromatic heterocycles. The molecule has 0 saturated carbocycles. The predicted octanol–water partition coefficient (Wildman–Crippen LogP) is 3.14. The number of carbonyl (C=O) groups is 2. The molecule has 2 aromatic carbocycles. The van der Waals surface area contributed by atoms with Gasteiger partial charge in [-0.3, -0.25) is 4.79 Å². The molecule has 146 valence electrons. The van der Waals surface area contributed by atoms with E-state index in [1.165, 1.54) is 5.01 Å². The number of hydrazone groups is 1. The third-order valence-corrected chi connectivity index (χ3v) is 4.47. The summed E-state index contributed by atoms with van der Waals surface area (Å²) in [6.45, 7) is 1.96. The van der Waals surface area contributed by atoms with Crippen molar-refractivity contribution in [2.75, 3.05) is 25.8 Å². The molecular weight excluding hydrogens is 360 g/mol. The van der Waals surface area contributed by atoms with E-state index in [0.29, 0.717) is 17.2 Å². The van der Waals surface area contributed by atoms with Crippen LogP contribution in [0.15, 0.2) is 53.6 Å². The Balaban J connectivity index is 1.99. The molecule has 0 fully saturated rings. The molecule has 3 rings (SSSR count). The predicted molar refractivity (Wildman–Crippen MR) is 105 cm³/mol. The summed E-state index contributed by atoms with van der Waals surface area (Å²) in [4.78, 5) is 25.3. The molecule has 7 heteroatoms. The second kappa shape index (κ2) is 8.56. The summed E-state index contributed by atoms with van der Waals surface area (Å²) in [5.41, 5.74) is 1.55. The third-order valence-electron chi connectivity index (χ3n) is 4.47. The van der Waals surface area contributed by atoms with Crippen molar-refractivity contribution in [3.05, 3.63) is 54.1 Å². The molecule has 0 bridgehead atoms. The lowest BCUT2D eigenvalue weighted by Gasteiger charge is -2.28. The van der Waals surface area contributed by atoms with E-state index in [1.807, 2.05) is 12.1 Å². The van der Waals surface area contributed by atoms with Gasteiger partial charge in [-0.15, -0.1) is 0 Å². The molecule has 7 nitrogen and oxygen atoms in total. The molecule has 28 heavy (non-hydrogen) atoms. The van der Waals surface area contributed by atoms with Gasteiger partial charge in [0, 0.05) is 12.3 Å². The Kier molecular flexibility index (Phi) is 5.93. The molecule has 0 radical (unpaired) electrons. The molecule has 2 aromatic rings. The first-order valence-electron chi connectivity index (χ1n) is 8.94. The topological polar surface area (TPSA) is 77.4 Å². The van der Waals surface area contributed by atoms with E-state index in [9.17, 15) is 9.59 Å². The first kappa shape index (κ1) is 19.4. The minimum absolute atomic E-state index is 0.107. The normalized spacial score (nSPS) is 16.4. The zero-order chi connectivity index (χ0) is 20.1. The van der Waals surface area contributed by atoms with E-state index in [-0.39, 0.29) is 24.6 Å². The van der Waals surface area contributed by atoms with Crippen LogP contribution in [-0.2, 0) is 14.3 Å². The van der Waals surface area contributed by atoms with Crippen molar-refractivity contribution in [3.63, 3.8) is 0 Å². The molecule has 1 heterocycles. The molecule has 1 amide bonds. The highest BCUT2D eigenvalue weighted by Crippen LogP contribution is 2.31. The monoisotopic (exact) mass is 382 g/mol. The average Bonchev–Trinajstić information content (AvgIpc) is 2.74. The number of amides is 1. The Labute approximate surface area is 163 Å². The van der Waals surface area contributed by atoms with E-state index in [1.54, 1.807) is 57.5 Å². The summed E-state index contributed by atoms with van der Waals surface area (Å²) in [5, 5.41) is 5.60. The largest absolute Gasteiger partial charge is 0.497 e. The number of ether oxygens (including phenoxy) is 3. The van der Waals surface area contributed by atoms with Gasteiger partial charge in [-0.1, -0.05) is 12.1 Å². The van der Waals surface area contributed by atoms with Gasteiger partial charge in [-0.05, 0) is 48.9 Å². The first-order valence-corrected chi connectivity index (χ1v) is 8.94. The number of hydrogen-bond donors (Lipinski definition) is 0. The second-order valence-electron chi connectivity index (χ2n) is 6.14. The van der Waals surface area contributed by atoms with E-state index in [2.05, 4.69) is 5.10 Å². The summed E-state index contributed by atoms with van der Waals surface area (Å²) in [5.74, 6) is 0.139. The molecule has 1 aliphatic heterocycles. The average molecular weight is 382 g/mol. The van der Waals surface area contributed by atoms with Crippen LogP contribution in [0.1, 0.15) is 24.8 Å². The van der Waals surface area contributed by atoms with Crippen molar-refractivity contribution in [3.8, 4) is 11.5 Å². The highest BCUT2D eigenvalue weighted by molar-refractivity contribution is 6.40. The van der Waals surface area contributed by atoms with Crippen molar-refractivity contribution in [1.82, 2.24) is 0 Å². The standard InChI is InChI=1S/C21H22N2O5/c1-4-28-21(25)20-18(14-5-9-16(26-2)10-6-14)13-19(24)23(22-20)15-7-11-17(27-3)12-8-15/h5-12,18H,4,13H2,1-3H3/t18-/m1/s1. The maximum Gasteiger partial charge on any atom is 0.355 e. The Hall–Kier alpha value is -3.35. The quantitative estimate of drug-likeness (QED) is 0.718. The minimum Gasteiger partial charge on any atom is -0.497 e. The second-order valence-corrected chi connectivity index (χ2v) is 6.14. The van der Waals surface area contributed by atoms with Gasteiger partial charge in [-0.2, -0.15) is 5.10 Å². The maximum absolute atomic E-state index is 12.8. The molecule has 0 aliphatic carbocycles. The molecule has 0 N–H and O–H groups in total. The van der Waals surface area contributed by atoms with Crippen LogP contribution in [0.3, 0.4) is 0 Å². The minimum atomic E-state index is -0.533. The van der Waals surface area contributed by atoms with Crippen LogP contribution in [-0.4, -0.2) is 38.4 Å². The van der Waals surface area contributed by atoms with Gasteiger partial charge in [0.1, 0.15) is 11.5 Å². The van der Waals surface area contributed by atoms with Gasteiger partial charge in [0.05, 0.1) is 26.5 Å². The van der Waals surface area contributed by atoms with Gasteiger partial charge in [0.25, 0.3) is 0 Å². The summed E-state index contributed by atoms with van der Waals surface area (Å²) in [7, 11) is 3.15. The summed E-state index contributed by atoms with van der Waals surface area (Å²) in [6, 6.07) is 14.1. The number of benzene rings is 2. The van der Waals surface area contributed by atoms with Gasteiger partial charge in [0.2, 0.25) is 5.91 Å². The van der Waals surface area contributed by atoms with Crippen molar-refractivity contribution in [1.29, 1.82) is 0 Å². The van der Waals surface area contributed by atoms with Crippen molar-refractivity contribution < 1.29 is 23.8 Å². The molecular formula is C21H22N2O5. The molecule has 1 atom stereocenters. The highest BCUT2D eigenvalue weighted by atomic mass is 16.5. The van der Waals surface area contributed by atoms with Gasteiger partial charge in [-0.25, -0.2) is 9.80 Å². The van der Waals surface area contributed by atoms with E-state index in [4.69, 9.17) is 14.2 Å². The van der Waals surface area contributed by atoms with Crippen LogP contribution in [0.2, 0.25) is 0 Å². The smallest absolute Gasteiger partial charge is 0.355 e. The highest BCUT2D eigenvalue weighted by Gasteiger charge is 2.36. The van der Waals surface area contributed by atoms with Gasteiger partial charge in [0.15, 0.2) is 5.71 Å². The molecule has 0 saturated heterocycles. The first-order chi connectivity index (χ1) is 13.6. The SMILES string of the molecule is CCOC(=O)C1=NN(c2ccc(OC)cc2)C(=O)C[C@@H]1c1ccc(OC)cc1. The number of nitrogens with zero attached hydrogens (tertiary/aromatic N) is 2. The Morgan fingerprint density at radius 3 is 2.14 bits per heavy atom. The number of methoxy groups -OCH3 is 2. The van der Waals surface area contributed by atoms with Crippen molar-refractivity contribution in [2.24, 2.45) is 5.10 Å². The molecule has 0 unspecified atom stereocenters. The number of anilines is 1. The fourth-order valence-corrected chi connectivity index (χ4v) is 3.02. The maximum atomic E-state index is 12.8. The van der Waals surface area contributed by atoms with Gasteiger partial charge >= 0.3 is 5.97 Å². The van der Waals surface area contributed by atoms with Crippen LogP contribution < -0.4 is 14.5 Å². The van der Waals surface area contributed by atoms with Crippen LogP contribution in [0.25, 0.3) is 0 Å². The lowest BCUT2D eigenvalue weighted by atomic mass is 9.89. The number of esters is 1. The van der Waals surface area contributed by atoms with E-state index in [0.717, 1.165) is 5.56 Å². The fourth-order valence-electron chi connectivity index (χ4n) is 3.02. The summed E-state index contributed by atoms with van der Waals surface area (Å²) in [6.07, 6.45) is 0.107. The van der Waals surface area contributed by atoms with Crippen LogP contribution in [0, 0.1) is 0 Å². The lowest BCUT2D eigenvalue weighted by Crippen LogP contribution is -2.39. The molecule has 0 spiro atoms. The fraction of sp³-hybridized carbons (Fsp3) is 0.286.